The van der Waals surface area contributed by atoms with Crippen LogP contribution in [-0.4, -0.2) is 28.2 Å². The van der Waals surface area contributed by atoms with E-state index in [1.165, 1.54) is 43.6 Å². The van der Waals surface area contributed by atoms with Gasteiger partial charge in [-0.2, -0.15) is 0 Å². The zero-order valence-corrected chi connectivity index (χ0v) is 34.5. The Morgan fingerprint density at radius 2 is 0.531 bits per heavy atom. The van der Waals surface area contributed by atoms with Crippen molar-refractivity contribution in [2.24, 2.45) is 0 Å². The molecular weight excluding hydrogens is 781 g/mol. The lowest BCUT2D eigenvalue weighted by atomic mass is 10.1. The lowest BCUT2D eigenvalue weighted by Gasteiger charge is -2.14. The number of hydrogen-bond donors (Lipinski definition) is 0. The summed E-state index contributed by atoms with van der Waals surface area (Å²) in [6.07, 6.45) is 0. The van der Waals surface area contributed by atoms with Crippen molar-refractivity contribution in [2.75, 3.05) is 0 Å². The molecule has 0 N–H and O–H groups in total. The maximum atomic E-state index is 5.41. The van der Waals surface area contributed by atoms with Gasteiger partial charge in [0.2, 0.25) is 0 Å². The van der Waals surface area contributed by atoms with E-state index >= 15 is 0 Å². The molecule has 298 valence electrons. The van der Waals surface area contributed by atoms with Gasteiger partial charge >= 0.3 is 0 Å². The second-order valence-corrected chi connectivity index (χ2v) is 16.6. The van der Waals surface area contributed by atoms with E-state index < -0.39 is 0 Å². The first kappa shape index (κ1) is 34.9. The van der Waals surface area contributed by atoms with Crippen LogP contribution in [0.25, 0.3) is 122 Å². The summed E-state index contributed by atoms with van der Waals surface area (Å²) in [7, 11) is 0. The fourth-order valence-electron chi connectivity index (χ4n) is 10.5. The summed E-state index contributed by atoms with van der Waals surface area (Å²) < 4.78 is 9.40. The molecule has 9 aromatic carbocycles. The summed E-state index contributed by atoms with van der Waals surface area (Å²) in [5, 5.41) is 9.63. The van der Waals surface area contributed by atoms with Crippen LogP contribution in [0.2, 0.25) is 0 Å². The van der Waals surface area contributed by atoms with Crippen molar-refractivity contribution in [3.8, 4) is 34.4 Å². The minimum atomic E-state index is 0.661. The highest BCUT2D eigenvalue weighted by atomic mass is 15.1. The Morgan fingerprint density at radius 3 is 0.906 bits per heavy atom. The molecule has 0 unspecified atom stereocenters. The minimum absolute atomic E-state index is 0.661. The van der Waals surface area contributed by atoms with Crippen molar-refractivity contribution in [2.45, 2.75) is 0 Å². The molecule has 64 heavy (non-hydrogen) atoms. The number of rotatable bonds is 5. The SMILES string of the molecule is c1ccc(-c2nc(-n3c4ccccc4c4cc(-n5c6ccccc6c6ccccc65)ccc43)cc(-n3c4ccccc4c4cc(-n5c6ccccc6c6ccccc65)ccc43)n2)cc1. The maximum Gasteiger partial charge on any atom is 0.163 e. The molecule has 0 radical (unpaired) electrons. The average Bonchev–Trinajstić information content (AvgIpc) is 4.09. The fourth-order valence-corrected chi connectivity index (χ4v) is 10.5. The van der Waals surface area contributed by atoms with Crippen molar-refractivity contribution < 1.29 is 0 Å². The third-order valence-electron chi connectivity index (χ3n) is 13.2. The lowest BCUT2D eigenvalue weighted by Crippen LogP contribution is -2.06. The average molecular weight is 817 g/mol. The molecule has 0 amide bonds. The van der Waals surface area contributed by atoms with Crippen LogP contribution in [0.4, 0.5) is 0 Å². The van der Waals surface area contributed by atoms with E-state index in [4.69, 9.17) is 9.97 Å². The van der Waals surface area contributed by atoms with Crippen molar-refractivity contribution in [3.63, 3.8) is 0 Å². The molecule has 0 aliphatic heterocycles. The first-order chi connectivity index (χ1) is 31.8. The topological polar surface area (TPSA) is 45.5 Å². The Bertz CT molecular complexity index is 3840. The van der Waals surface area contributed by atoms with Crippen molar-refractivity contribution in [1.82, 2.24) is 28.2 Å². The highest BCUT2D eigenvalue weighted by molar-refractivity contribution is 6.14. The molecule has 0 atom stereocenters. The van der Waals surface area contributed by atoms with E-state index in [2.05, 4.69) is 231 Å². The number of fused-ring (bicyclic) bond motifs is 12. The first-order valence-electron chi connectivity index (χ1n) is 21.8. The Hall–Kier alpha value is -8.74. The first-order valence-corrected chi connectivity index (χ1v) is 21.8. The molecule has 0 saturated heterocycles. The van der Waals surface area contributed by atoms with Crippen molar-refractivity contribution in [1.29, 1.82) is 0 Å². The summed E-state index contributed by atoms with van der Waals surface area (Å²) in [6.45, 7) is 0. The van der Waals surface area contributed by atoms with Crippen LogP contribution in [0.15, 0.2) is 218 Å². The maximum absolute atomic E-state index is 5.41. The predicted octanol–water partition coefficient (Wildman–Crippen LogP) is 14.5. The van der Waals surface area contributed by atoms with E-state index in [0.717, 1.165) is 72.2 Å². The number of nitrogens with zero attached hydrogens (tertiary/aromatic N) is 6. The summed E-state index contributed by atoms with van der Waals surface area (Å²) in [5.41, 5.74) is 12.3. The summed E-state index contributed by atoms with van der Waals surface area (Å²) in [4.78, 5) is 10.8. The molecular formula is C58H36N6. The zero-order valence-electron chi connectivity index (χ0n) is 34.5. The molecule has 14 aromatic rings. The van der Waals surface area contributed by atoms with Gasteiger partial charge in [-0.3, -0.25) is 9.13 Å². The van der Waals surface area contributed by atoms with Crippen LogP contribution in [-0.2, 0) is 0 Å². The van der Waals surface area contributed by atoms with E-state index in [-0.39, 0.29) is 0 Å². The fraction of sp³-hybridized carbons (Fsp3) is 0. The lowest BCUT2D eigenvalue weighted by molar-refractivity contribution is 0.993. The molecule has 5 aromatic heterocycles. The summed E-state index contributed by atoms with van der Waals surface area (Å²) >= 11 is 0. The number of benzene rings is 9. The van der Waals surface area contributed by atoms with Crippen LogP contribution >= 0.6 is 0 Å². The third kappa shape index (κ3) is 4.96. The normalized spacial score (nSPS) is 12.1. The number of aromatic nitrogens is 6. The highest BCUT2D eigenvalue weighted by Crippen LogP contribution is 2.40. The monoisotopic (exact) mass is 816 g/mol. The molecule has 5 heterocycles. The standard InChI is InChI=1S/C58H36N6/c1-2-16-37(17-3-1)58-59-56(63-52-28-14-8-22-44(52)46-34-38(30-32-54(46)63)61-48-24-10-4-18-40(48)41-19-5-11-25-49(41)61)36-57(60-58)64-53-29-15-9-23-45(53)47-35-39(31-33-55(47)64)62-50-26-12-6-20-42(50)43-21-7-13-27-51(43)62/h1-36H. The van der Waals surface area contributed by atoms with Crippen molar-refractivity contribution >= 4 is 87.2 Å². The molecule has 6 nitrogen and oxygen atoms in total. The molecule has 0 aliphatic rings. The quantitative estimate of drug-likeness (QED) is 0.174. The molecule has 6 heteroatoms. The Labute approximate surface area is 366 Å². The van der Waals surface area contributed by atoms with E-state index in [9.17, 15) is 0 Å². The van der Waals surface area contributed by atoms with E-state index in [1.54, 1.807) is 0 Å². The van der Waals surface area contributed by atoms with Crippen LogP contribution in [0.3, 0.4) is 0 Å². The Kier molecular flexibility index (Phi) is 7.30. The van der Waals surface area contributed by atoms with Gasteiger partial charge in [-0.1, -0.05) is 140 Å². The predicted molar refractivity (Wildman–Crippen MR) is 265 cm³/mol. The Morgan fingerprint density at radius 1 is 0.234 bits per heavy atom. The smallest absolute Gasteiger partial charge is 0.163 e. The van der Waals surface area contributed by atoms with Gasteiger partial charge in [0, 0.05) is 66.1 Å². The van der Waals surface area contributed by atoms with Gasteiger partial charge in [-0.15, -0.1) is 0 Å². The molecule has 0 aliphatic carbocycles. The Balaban J connectivity index is 1.01. The van der Waals surface area contributed by atoms with Gasteiger partial charge in [0.25, 0.3) is 0 Å². The highest BCUT2D eigenvalue weighted by Gasteiger charge is 2.22. The van der Waals surface area contributed by atoms with Gasteiger partial charge in [0.1, 0.15) is 11.6 Å². The molecule has 14 rings (SSSR count). The van der Waals surface area contributed by atoms with Crippen LogP contribution in [0.1, 0.15) is 0 Å². The van der Waals surface area contributed by atoms with Gasteiger partial charge in [-0.25, -0.2) is 9.97 Å². The summed E-state index contributed by atoms with van der Waals surface area (Å²) in [5.74, 6) is 2.26. The minimum Gasteiger partial charge on any atom is -0.309 e. The van der Waals surface area contributed by atoms with Gasteiger partial charge < -0.3 is 9.13 Å². The second-order valence-electron chi connectivity index (χ2n) is 16.6. The van der Waals surface area contributed by atoms with Crippen LogP contribution in [0, 0.1) is 0 Å². The van der Waals surface area contributed by atoms with Crippen molar-refractivity contribution in [3.05, 3.63) is 218 Å². The van der Waals surface area contributed by atoms with Gasteiger partial charge in [0.05, 0.1) is 44.1 Å². The number of hydrogen-bond acceptors (Lipinski definition) is 2. The zero-order chi connectivity index (χ0) is 41.9. The third-order valence-corrected chi connectivity index (χ3v) is 13.2. The largest absolute Gasteiger partial charge is 0.309 e. The van der Waals surface area contributed by atoms with E-state index in [1.807, 2.05) is 6.07 Å². The van der Waals surface area contributed by atoms with Gasteiger partial charge in [0.15, 0.2) is 5.82 Å². The molecule has 0 spiro atoms. The second kappa shape index (κ2) is 13.4. The molecule has 0 saturated carbocycles. The van der Waals surface area contributed by atoms with Gasteiger partial charge in [-0.05, 0) is 72.8 Å². The molecule has 0 bridgehead atoms. The molecule has 0 fully saturated rings. The summed E-state index contributed by atoms with van der Waals surface area (Å²) in [6, 6.07) is 78.3. The van der Waals surface area contributed by atoms with E-state index in [0.29, 0.717) is 5.82 Å². The number of para-hydroxylation sites is 6. The van der Waals surface area contributed by atoms with Crippen LogP contribution < -0.4 is 0 Å². The van der Waals surface area contributed by atoms with Crippen LogP contribution in [0.5, 0.6) is 0 Å².